The highest BCUT2D eigenvalue weighted by Gasteiger charge is 2.44. The number of nitrogens with zero attached hydrogens (tertiary/aromatic N) is 1. The summed E-state index contributed by atoms with van der Waals surface area (Å²) < 4.78 is 0. The van der Waals surface area contributed by atoms with Gasteiger partial charge in [0.05, 0.1) is 10.6 Å². The van der Waals surface area contributed by atoms with Crippen molar-refractivity contribution < 1.29 is 4.79 Å². The highest BCUT2D eigenvalue weighted by Crippen LogP contribution is 2.50. The van der Waals surface area contributed by atoms with Crippen LogP contribution in [0.2, 0.25) is 5.02 Å². The van der Waals surface area contributed by atoms with Crippen molar-refractivity contribution in [2.75, 3.05) is 5.32 Å². The average Bonchev–Trinajstić information content (AvgIpc) is 2.96. The van der Waals surface area contributed by atoms with E-state index in [0.29, 0.717) is 5.82 Å². The lowest BCUT2D eigenvalue weighted by Crippen LogP contribution is -2.14. The van der Waals surface area contributed by atoms with Gasteiger partial charge in [-0.3, -0.25) is 9.89 Å². The predicted molar refractivity (Wildman–Crippen MR) is 92.8 cm³/mol. The summed E-state index contributed by atoms with van der Waals surface area (Å²) in [4.78, 5) is 13.5. The van der Waals surface area contributed by atoms with Crippen LogP contribution in [0.1, 0.15) is 17.9 Å². The topological polar surface area (TPSA) is 57.8 Å². The largest absolute Gasteiger partial charge is 0.309 e. The zero-order valence-electron chi connectivity index (χ0n) is 12.1. The van der Waals surface area contributed by atoms with Crippen LogP contribution in [0.4, 0.5) is 5.82 Å². The molecule has 23 heavy (non-hydrogen) atoms. The molecule has 0 saturated heterocycles. The van der Waals surface area contributed by atoms with Crippen LogP contribution in [0.5, 0.6) is 0 Å². The molecular formula is C17H14ClN3OS. The van der Waals surface area contributed by atoms with Crippen LogP contribution in [0.3, 0.4) is 0 Å². The maximum absolute atomic E-state index is 12.4. The first-order chi connectivity index (χ1) is 11.2. The van der Waals surface area contributed by atoms with Gasteiger partial charge in [0.1, 0.15) is 0 Å². The Morgan fingerprint density at radius 2 is 2.17 bits per heavy atom. The van der Waals surface area contributed by atoms with E-state index in [1.54, 1.807) is 11.3 Å². The van der Waals surface area contributed by atoms with Crippen LogP contribution in [-0.4, -0.2) is 16.1 Å². The van der Waals surface area contributed by atoms with Gasteiger partial charge in [-0.25, -0.2) is 0 Å². The second-order valence-corrected chi connectivity index (χ2v) is 6.96. The van der Waals surface area contributed by atoms with Crippen molar-refractivity contribution in [1.82, 2.24) is 10.2 Å². The SMILES string of the molecule is O=C(Nc1cc(-c2cccs2)[nH]n1)C1CC1c1ccccc1Cl. The van der Waals surface area contributed by atoms with Crippen molar-refractivity contribution in [1.29, 1.82) is 0 Å². The smallest absolute Gasteiger partial charge is 0.229 e. The number of hydrogen-bond donors (Lipinski definition) is 2. The maximum atomic E-state index is 12.4. The van der Waals surface area contributed by atoms with Crippen LogP contribution in [0, 0.1) is 5.92 Å². The van der Waals surface area contributed by atoms with Gasteiger partial charge in [0.2, 0.25) is 5.91 Å². The molecule has 4 rings (SSSR count). The molecule has 2 unspecified atom stereocenters. The Kier molecular flexibility index (Phi) is 3.67. The number of carbonyl (C=O) groups excluding carboxylic acids is 1. The zero-order valence-corrected chi connectivity index (χ0v) is 13.7. The molecule has 6 heteroatoms. The number of aromatic amines is 1. The van der Waals surface area contributed by atoms with Gasteiger partial charge < -0.3 is 5.32 Å². The Bertz CT molecular complexity index is 843. The van der Waals surface area contributed by atoms with E-state index in [1.807, 2.05) is 47.8 Å². The van der Waals surface area contributed by atoms with Crippen LogP contribution in [0.25, 0.3) is 10.6 Å². The number of benzene rings is 1. The van der Waals surface area contributed by atoms with Crippen LogP contribution < -0.4 is 5.32 Å². The first-order valence-corrected chi connectivity index (χ1v) is 8.62. The summed E-state index contributed by atoms with van der Waals surface area (Å²) in [7, 11) is 0. The number of nitrogens with one attached hydrogen (secondary N) is 2. The molecule has 2 aromatic heterocycles. The number of halogens is 1. The Hall–Kier alpha value is -2.11. The molecule has 1 amide bonds. The third-order valence-corrected chi connectivity index (χ3v) is 5.30. The van der Waals surface area contributed by atoms with E-state index in [2.05, 4.69) is 15.5 Å². The zero-order chi connectivity index (χ0) is 15.8. The van der Waals surface area contributed by atoms with E-state index in [0.717, 1.165) is 27.6 Å². The van der Waals surface area contributed by atoms with Gasteiger partial charge in [-0.15, -0.1) is 11.3 Å². The number of hydrogen-bond acceptors (Lipinski definition) is 3. The number of anilines is 1. The Labute approximate surface area is 142 Å². The highest BCUT2D eigenvalue weighted by molar-refractivity contribution is 7.13. The van der Waals surface area contributed by atoms with Crippen LogP contribution in [0.15, 0.2) is 47.8 Å². The van der Waals surface area contributed by atoms with E-state index < -0.39 is 0 Å². The van der Waals surface area contributed by atoms with Gasteiger partial charge in [0.25, 0.3) is 0 Å². The first kappa shape index (κ1) is 14.5. The number of rotatable bonds is 4. The molecule has 0 radical (unpaired) electrons. The molecule has 0 spiro atoms. The number of H-pyrrole nitrogens is 1. The molecule has 1 aromatic carbocycles. The Morgan fingerprint density at radius 1 is 1.30 bits per heavy atom. The van der Waals surface area contributed by atoms with Crippen molar-refractivity contribution in [3.63, 3.8) is 0 Å². The quantitative estimate of drug-likeness (QED) is 0.731. The number of aromatic nitrogens is 2. The minimum Gasteiger partial charge on any atom is -0.309 e. The lowest BCUT2D eigenvalue weighted by molar-refractivity contribution is -0.117. The summed E-state index contributed by atoms with van der Waals surface area (Å²) in [5.41, 5.74) is 1.96. The molecular weight excluding hydrogens is 330 g/mol. The third kappa shape index (κ3) is 2.90. The normalized spacial score (nSPS) is 19.5. The second kappa shape index (κ2) is 5.83. The molecule has 3 aromatic rings. The Balaban J connectivity index is 1.43. The molecule has 1 fully saturated rings. The minimum absolute atomic E-state index is 0.000788. The van der Waals surface area contributed by atoms with E-state index in [-0.39, 0.29) is 17.7 Å². The van der Waals surface area contributed by atoms with E-state index in [4.69, 9.17) is 11.6 Å². The van der Waals surface area contributed by atoms with Crippen molar-refractivity contribution >= 4 is 34.7 Å². The third-order valence-electron chi connectivity index (χ3n) is 4.05. The van der Waals surface area contributed by atoms with Gasteiger partial charge in [0.15, 0.2) is 5.82 Å². The van der Waals surface area contributed by atoms with Crippen molar-refractivity contribution in [3.8, 4) is 10.6 Å². The lowest BCUT2D eigenvalue weighted by Gasteiger charge is -2.03. The fourth-order valence-electron chi connectivity index (χ4n) is 2.77. The summed E-state index contributed by atoms with van der Waals surface area (Å²) in [6, 6.07) is 13.6. The maximum Gasteiger partial charge on any atom is 0.229 e. The fourth-order valence-corrected chi connectivity index (χ4v) is 3.74. The standard InChI is InChI=1S/C17H14ClN3OS/c18-13-5-2-1-4-10(13)11-8-12(11)17(22)19-16-9-14(20-21-16)15-6-3-7-23-15/h1-7,9,11-12H,8H2,(H2,19,20,21,22). The molecule has 0 aliphatic heterocycles. The molecule has 2 heterocycles. The molecule has 2 N–H and O–H groups in total. The number of amides is 1. The molecule has 116 valence electrons. The molecule has 0 bridgehead atoms. The summed E-state index contributed by atoms with van der Waals surface area (Å²) >= 11 is 7.83. The lowest BCUT2D eigenvalue weighted by atomic mass is 10.1. The summed E-state index contributed by atoms with van der Waals surface area (Å²) in [5, 5.41) is 12.7. The van der Waals surface area contributed by atoms with Crippen LogP contribution >= 0.6 is 22.9 Å². The van der Waals surface area contributed by atoms with Gasteiger partial charge in [-0.2, -0.15) is 5.10 Å². The minimum atomic E-state index is -0.0308. The molecule has 1 aliphatic rings. The van der Waals surface area contributed by atoms with Gasteiger partial charge >= 0.3 is 0 Å². The number of carbonyl (C=O) groups is 1. The molecule has 4 nitrogen and oxygen atoms in total. The monoisotopic (exact) mass is 343 g/mol. The van der Waals surface area contributed by atoms with E-state index in [1.165, 1.54) is 0 Å². The fraction of sp³-hybridized carbons (Fsp3) is 0.176. The van der Waals surface area contributed by atoms with Gasteiger partial charge in [-0.1, -0.05) is 35.9 Å². The van der Waals surface area contributed by atoms with Gasteiger partial charge in [0, 0.05) is 17.0 Å². The van der Waals surface area contributed by atoms with Crippen molar-refractivity contribution in [2.45, 2.75) is 12.3 Å². The summed E-state index contributed by atoms with van der Waals surface area (Å²) in [5.74, 6) is 0.735. The second-order valence-electron chi connectivity index (χ2n) is 5.60. The summed E-state index contributed by atoms with van der Waals surface area (Å²) in [6.07, 6.45) is 0.831. The molecule has 1 saturated carbocycles. The van der Waals surface area contributed by atoms with E-state index >= 15 is 0 Å². The molecule has 2 atom stereocenters. The first-order valence-electron chi connectivity index (χ1n) is 7.37. The molecule has 1 aliphatic carbocycles. The highest BCUT2D eigenvalue weighted by atomic mass is 35.5. The summed E-state index contributed by atoms with van der Waals surface area (Å²) in [6.45, 7) is 0. The van der Waals surface area contributed by atoms with Crippen LogP contribution in [-0.2, 0) is 4.79 Å². The van der Waals surface area contributed by atoms with E-state index in [9.17, 15) is 4.79 Å². The van der Waals surface area contributed by atoms with Crippen molar-refractivity contribution in [3.05, 3.63) is 58.4 Å². The Morgan fingerprint density at radius 3 is 2.96 bits per heavy atom. The average molecular weight is 344 g/mol. The predicted octanol–water partition coefficient (Wildman–Crippen LogP) is 4.53. The number of thiophene rings is 1. The van der Waals surface area contributed by atoms with Gasteiger partial charge in [-0.05, 0) is 35.4 Å². The van der Waals surface area contributed by atoms with Crippen molar-refractivity contribution in [2.24, 2.45) is 5.92 Å².